The van der Waals surface area contributed by atoms with E-state index >= 15 is 0 Å². The van der Waals surface area contributed by atoms with Crippen molar-refractivity contribution in [3.63, 3.8) is 0 Å². The lowest BCUT2D eigenvalue weighted by molar-refractivity contribution is 0.310. The van der Waals surface area contributed by atoms with Crippen LogP contribution in [0.4, 0.5) is 0 Å². The van der Waals surface area contributed by atoms with Gasteiger partial charge in [0.05, 0.1) is 17.8 Å². The Morgan fingerprint density at radius 2 is 2.16 bits per heavy atom. The molecule has 0 amide bonds. The fourth-order valence-corrected chi connectivity index (χ4v) is 3.66. The fraction of sp³-hybridized carbons (Fsp3) is 0.786. The van der Waals surface area contributed by atoms with Gasteiger partial charge in [0, 0.05) is 17.6 Å². The van der Waals surface area contributed by atoms with E-state index in [1.54, 1.807) is 0 Å². The molecule has 1 aliphatic heterocycles. The van der Waals surface area contributed by atoms with Crippen molar-refractivity contribution in [1.29, 1.82) is 0 Å². The Labute approximate surface area is 118 Å². The maximum atomic E-state index is 12.3. The molecule has 0 bridgehead atoms. The highest BCUT2D eigenvalue weighted by atomic mass is 32.2. The van der Waals surface area contributed by atoms with Crippen molar-refractivity contribution in [3.05, 3.63) is 18.0 Å². The molecule has 1 aromatic rings. The zero-order valence-electron chi connectivity index (χ0n) is 12.1. The Bertz CT molecular complexity index is 475. The van der Waals surface area contributed by atoms with Gasteiger partial charge in [0.1, 0.15) is 4.75 Å². The SMILES string of the molecule is CC1([C@@H]2C[C@@H](N[S+]([O-])C(C)(C)C)c3ccnn32)CC1. The summed E-state index contributed by atoms with van der Waals surface area (Å²) < 4.78 is 17.5. The Hall–Kier alpha value is -0.520. The standard InChI is InChI=1S/C14H23N3OS/c1-13(2,3)19(18)16-10-9-12(14(4)6-7-14)17-11(10)5-8-15-17/h5,8,10,12,16H,6-7,9H2,1-4H3/t10-,12+,19?/m1/s1. The van der Waals surface area contributed by atoms with Crippen LogP contribution in [0.2, 0.25) is 0 Å². The van der Waals surface area contributed by atoms with E-state index in [0.29, 0.717) is 11.5 Å². The van der Waals surface area contributed by atoms with Crippen LogP contribution in [0.3, 0.4) is 0 Å². The fourth-order valence-electron chi connectivity index (χ4n) is 2.83. The summed E-state index contributed by atoms with van der Waals surface area (Å²) in [5, 5.41) is 4.48. The third kappa shape index (κ3) is 2.32. The number of nitrogens with one attached hydrogen (secondary N) is 1. The van der Waals surface area contributed by atoms with E-state index in [0.717, 1.165) is 6.42 Å². The third-order valence-electron chi connectivity index (χ3n) is 4.46. The maximum Gasteiger partial charge on any atom is 0.136 e. The van der Waals surface area contributed by atoms with Crippen LogP contribution >= 0.6 is 0 Å². The highest BCUT2D eigenvalue weighted by Crippen LogP contribution is 2.58. The smallest absolute Gasteiger partial charge is 0.136 e. The predicted molar refractivity (Wildman–Crippen MR) is 77.0 cm³/mol. The summed E-state index contributed by atoms with van der Waals surface area (Å²) in [5.74, 6) is 0. The predicted octanol–water partition coefficient (Wildman–Crippen LogP) is 2.72. The molecule has 2 aliphatic rings. The minimum absolute atomic E-state index is 0.171. The Balaban J connectivity index is 1.79. The van der Waals surface area contributed by atoms with Crippen molar-refractivity contribution in [2.45, 2.75) is 63.8 Å². The molecule has 1 fully saturated rings. The summed E-state index contributed by atoms with van der Waals surface area (Å²) in [7, 11) is 0. The van der Waals surface area contributed by atoms with E-state index < -0.39 is 11.4 Å². The van der Waals surface area contributed by atoms with Gasteiger partial charge in [-0.1, -0.05) is 6.92 Å². The molecular formula is C14H23N3OS. The Morgan fingerprint density at radius 1 is 1.47 bits per heavy atom. The van der Waals surface area contributed by atoms with E-state index in [-0.39, 0.29) is 10.8 Å². The highest BCUT2D eigenvalue weighted by Gasteiger charge is 2.51. The second-order valence-electron chi connectivity index (χ2n) is 7.16. The summed E-state index contributed by atoms with van der Waals surface area (Å²) in [5.41, 5.74) is 1.59. The molecule has 0 spiro atoms. The van der Waals surface area contributed by atoms with Gasteiger partial charge in [-0.2, -0.15) is 5.10 Å². The molecule has 2 heterocycles. The lowest BCUT2D eigenvalue weighted by atomic mass is 9.96. The van der Waals surface area contributed by atoms with Crippen LogP contribution in [0.25, 0.3) is 0 Å². The molecule has 1 unspecified atom stereocenters. The number of nitrogens with zero attached hydrogens (tertiary/aromatic N) is 2. The molecule has 1 aliphatic carbocycles. The van der Waals surface area contributed by atoms with Crippen LogP contribution in [0, 0.1) is 5.41 Å². The van der Waals surface area contributed by atoms with Crippen LogP contribution in [0.1, 0.15) is 64.7 Å². The van der Waals surface area contributed by atoms with Gasteiger partial charge < -0.3 is 4.55 Å². The number of hydrogen-bond donors (Lipinski definition) is 1. The topological polar surface area (TPSA) is 52.9 Å². The van der Waals surface area contributed by atoms with E-state index in [9.17, 15) is 4.55 Å². The van der Waals surface area contributed by atoms with Crippen LogP contribution in [0.15, 0.2) is 12.3 Å². The van der Waals surface area contributed by atoms with Gasteiger partial charge in [0.2, 0.25) is 0 Å². The average Bonchev–Trinajstić information content (AvgIpc) is 2.76. The lowest BCUT2D eigenvalue weighted by Gasteiger charge is -2.26. The zero-order valence-corrected chi connectivity index (χ0v) is 13.0. The third-order valence-corrected chi connectivity index (χ3v) is 6.07. The van der Waals surface area contributed by atoms with Gasteiger partial charge in [-0.25, -0.2) is 0 Å². The van der Waals surface area contributed by atoms with Gasteiger partial charge in [-0.3, -0.25) is 4.68 Å². The number of fused-ring (bicyclic) bond motifs is 1. The van der Waals surface area contributed by atoms with Crippen LogP contribution in [-0.4, -0.2) is 19.1 Å². The Morgan fingerprint density at radius 3 is 2.74 bits per heavy atom. The van der Waals surface area contributed by atoms with Crippen molar-refractivity contribution < 1.29 is 4.55 Å². The number of rotatable bonds is 3. The Kier molecular flexibility index (Phi) is 3.00. The quantitative estimate of drug-likeness (QED) is 0.867. The first kappa shape index (κ1) is 13.5. The van der Waals surface area contributed by atoms with Gasteiger partial charge in [-0.05, 0) is 51.5 Å². The number of hydrogen-bond acceptors (Lipinski definition) is 3. The van der Waals surface area contributed by atoms with Crippen LogP contribution in [0.5, 0.6) is 0 Å². The first-order chi connectivity index (χ1) is 8.81. The van der Waals surface area contributed by atoms with E-state index in [1.165, 1.54) is 18.5 Å². The van der Waals surface area contributed by atoms with Crippen LogP contribution in [-0.2, 0) is 11.4 Å². The average molecular weight is 281 g/mol. The number of aromatic nitrogens is 2. The molecule has 3 atom stereocenters. The molecule has 1 N–H and O–H groups in total. The lowest BCUT2D eigenvalue weighted by Crippen LogP contribution is -2.40. The zero-order chi connectivity index (χ0) is 13.8. The van der Waals surface area contributed by atoms with Gasteiger partial charge in [-0.15, -0.1) is 4.72 Å². The molecule has 0 aromatic carbocycles. The van der Waals surface area contributed by atoms with E-state index in [2.05, 4.69) is 27.5 Å². The van der Waals surface area contributed by atoms with E-state index in [1.807, 2.05) is 27.0 Å². The van der Waals surface area contributed by atoms with Crippen molar-refractivity contribution in [2.24, 2.45) is 5.41 Å². The molecule has 5 heteroatoms. The first-order valence-electron chi connectivity index (χ1n) is 7.03. The van der Waals surface area contributed by atoms with Crippen LogP contribution < -0.4 is 4.72 Å². The molecule has 19 heavy (non-hydrogen) atoms. The van der Waals surface area contributed by atoms with Gasteiger partial charge >= 0.3 is 0 Å². The molecule has 106 valence electrons. The molecule has 1 saturated carbocycles. The molecule has 0 radical (unpaired) electrons. The summed E-state index contributed by atoms with van der Waals surface area (Å²) in [6, 6.07) is 2.69. The molecule has 1 aromatic heterocycles. The van der Waals surface area contributed by atoms with E-state index in [4.69, 9.17) is 0 Å². The van der Waals surface area contributed by atoms with Gasteiger partial charge in [0.25, 0.3) is 0 Å². The normalized spacial score (nSPS) is 30.2. The summed E-state index contributed by atoms with van der Waals surface area (Å²) in [6.07, 6.45) is 5.45. The summed E-state index contributed by atoms with van der Waals surface area (Å²) in [4.78, 5) is 0. The monoisotopic (exact) mass is 281 g/mol. The first-order valence-corrected chi connectivity index (χ1v) is 8.18. The summed E-state index contributed by atoms with van der Waals surface area (Å²) >= 11 is -1.03. The molecular weight excluding hydrogens is 258 g/mol. The van der Waals surface area contributed by atoms with Crippen molar-refractivity contribution in [1.82, 2.24) is 14.5 Å². The second kappa shape index (κ2) is 4.24. The minimum Gasteiger partial charge on any atom is -0.598 e. The molecule has 0 saturated heterocycles. The second-order valence-corrected chi connectivity index (χ2v) is 9.16. The summed E-state index contributed by atoms with van der Waals surface area (Å²) in [6.45, 7) is 8.35. The largest absolute Gasteiger partial charge is 0.598 e. The van der Waals surface area contributed by atoms with Crippen molar-refractivity contribution in [2.75, 3.05) is 0 Å². The maximum absolute atomic E-state index is 12.3. The molecule has 3 rings (SSSR count). The minimum atomic E-state index is -1.03. The molecule has 4 nitrogen and oxygen atoms in total. The van der Waals surface area contributed by atoms with Crippen molar-refractivity contribution in [3.8, 4) is 0 Å². The highest BCUT2D eigenvalue weighted by molar-refractivity contribution is 7.90. The van der Waals surface area contributed by atoms with Crippen molar-refractivity contribution >= 4 is 11.4 Å². The van der Waals surface area contributed by atoms with Gasteiger partial charge in [0.15, 0.2) is 0 Å².